The number of aliphatic hydroxyl groups excluding tert-OH is 1. The highest BCUT2D eigenvalue weighted by Gasteiger charge is 2.27. The van der Waals surface area contributed by atoms with Crippen molar-refractivity contribution in [3.05, 3.63) is 65.3 Å². The SMILES string of the molecule is CN=C(C)/C(CCOc1c(-c2ccc3ncc(CNO)n3c2)ccc(F)c1F)=C(\N)C(O)C(C)(C)C. The zero-order chi connectivity index (χ0) is 26.6. The van der Waals surface area contributed by atoms with E-state index in [1.807, 2.05) is 20.8 Å². The van der Waals surface area contributed by atoms with Crippen LogP contribution in [0.25, 0.3) is 16.8 Å². The second kappa shape index (κ2) is 11.2. The molecule has 0 aliphatic carbocycles. The molecular weight excluding hydrogens is 468 g/mol. The summed E-state index contributed by atoms with van der Waals surface area (Å²) in [5.74, 6) is -2.38. The third-order valence-corrected chi connectivity index (χ3v) is 6.04. The number of ether oxygens (including phenoxy) is 1. The number of nitrogens with two attached hydrogens (primary N) is 1. The minimum absolute atomic E-state index is 0.0276. The summed E-state index contributed by atoms with van der Waals surface area (Å²) < 4.78 is 36.7. The van der Waals surface area contributed by atoms with Crippen molar-refractivity contribution in [3.63, 3.8) is 0 Å². The van der Waals surface area contributed by atoms with Crippen molar-refractivity contribution < 1.29 is 23.8 Å². The highest BCUT2D eigenvalue weighted by molar-refractivity contribution is 5.98. The number of hydrogen-bond donors (Lipinski definition) is 4. The number of hydrogen-bond acceptors (Lipinski definition) is 7. The Balaban J connectivity index is 1.96. The summed E-state index contributed by atoms with van der Waals surface area (Å²) in [6, 6.07) is 5.96. The van der Waals surface area contributed by atoms with E-state index >= 15 is 0 Å². The number of aliphatic hydroxyl groups is 1. The van der Waals surface area contributed by atoms with Crippen LogP contribution in [0.15, 0.2) is 52.9 Å². The predicted octanol–water partition coefficient (Wildman–Crippen LogP) is 4.24. The van der Waals surface area contributed by atoms with Gasteiger partial charge in [-0.25, -0.2) is 9.37 Å². The number of pyridine rings is 1. The Kier molecular flexibility index (Phi) is 8.44. The van der Waals surface area contributed by atoms with Crippen LogP contribution in [0.5, 0.6) is 5.75 Å². The van der Waals surface area contributed by atoms with Gasteiger partial charge < -0.3 is 25.2 Å². The molecule has 0 radical (unpaired) electrons. The molecule has 0 saturated heterocycles. The van der Waals surface area contributed by atoms with Crippen molar-refractivity contribution in [2.45, 2.75) is 46.8 Å². The molecule has 8 nitrogen and oxygen atoms in total. The lowest BCUT2D eigenvalue weighted by molar-refractivity contribution is 0.0926. The van der Waals surface area contributed by atoms with Gasteiger partial charge in [-0.2, -0.15) is 9.87 Å². The molecule has 36 heavy (non-hydrogen) atoms. The molecule has 0 amide bonds. The fourth-order valence-corrected chi connectivity index (χ4v) is 3.86. The first kappa shape index (κ1) is 27.3. The molecule has 0 saturated carbocycles. The molecule has 3 aromatic rings. The van der Waals surface area contributed by atoms with Crippen LogP contribution in [0.2, 0.25) is 0 Å². The van der Waals surface area contributed by atoms with Crippen LogP contribution in [-0.4, -0.2) is 45.2 Å². The van der Waals surface area contributed by atoms with Crippen LogP contribution in [-0.2, 0) is 6.54 Å². The third-order valence-electron chi connectivity index (χ3n) is 6.04. The monoisotopic (exact) mass is 501 g/mol. The van der Waals surface area contributed by atoms with Crippen LogP contribution in [0.1, 0.15) is 39.8 Å². The number of halogens is 2. The van der Waals surface area contributed by atoms with Gasteiger partial charge in [0.15, 0.2) is 11.6 Å². The zero-order valence-electron chi connectivity index (χ0n) is 21.1. The fourth-order valence-electron chi connectivity index (χ4n) is 3.86. The number of hydroxylamine groups is 1. The van der Waals surface area contributed by atoms with Crippen LogP contribution >= 0.6 is 0 Å². The van der Waals surface area contributed by atoms with Crippen molar-refractivity contribution in [1.29, 1.82) is 0 Å². The fraction of sp³-hybridized carbons (Fsp3) is 0.385. The molecular formula is C26H33F2N5O3. The molecule has 1 aromatic carbocycles. The Labute approximate surface area is 209 Å². The molecule has 10 heteroatoms. The maximum atomic E-state index is 14.9. The van der Waals surface area contributed by atoms with Gasteiger partial charge in [0.05, 0.1) is 31.1 Å². The van der Waals surface area contributed by atoms with Crippen LogP contribution in [0.3, 0.4) is 0 Å². The van der Waals surface area contributed by atoms with E-state index < -0.39 is 23.2 Å². The highest BCUT2D eigenvalue weighted by Crippen LogP contribution is 2.35. The van der Waals surface area contributed by atoms with Gasteiger partial charge >= 0.3 is 0 Å². The second-order valence-electron chi connectivity index (χ2n) is 9.58. The molecule has 0 bridgehead atoms. The van der Waals surface area contributed by atoms with E-state index in [9.17, 15) is 13.9 Å². The van der Waals surface area contributed by atoms with Crippen LogP contribution < -0.4 is 16.0 Å². The largest absolute Gasteiger partial charge is 0.489 e. The van der Waals surface area contributed by atoms with E-state index in [-0.39, 0.29) is 31.0 Å². The molecule has 5 N–H and O–H groups in total. The number of fused-ring (bicyclic) bond motifs is 1. The van der Waals surface area contributed by atoms with Gasteiger partial charge in [-0.3, -0.25) is 4.99 Å². The van der Waals surface area contributed by atoms with E-state index in [0.717, 1.165) is 6.07 Å². The first-order valence-corrected chi connectivity index (χ1v) is 11.5. The van der Waals surface area contributed by atoms with Crippen molar-refractivity contribution in [1.82, 2.24) is 14.9 Å². The van der Waals surface area contributed by atoms with Crippen LogP contribution in [0.4, 0.5) is 8.78 Å². The van der Waals surface area contributed by atoms with E-state index in [1.165, 1.54) is 6.07 Å². The minimum atomic E-state index is -1.11. The lowest BCUT2D eigenvalue weighted by atomic mass is 9.85. The Morgan fingerprint density at radius 3 is 2.61 bits per heavy atom. The molecule has 2 heterocycles. The van der Waals surface area contributed by atoms with Crippen LogP contribution in [0, 0.1) is 17.0 Å². The second-order valence-corrected chi connectivity index (χ2v) is 9.58. The average molecular weight is 502 g/mol. The van der Waals surface area contributed by atoms with E-state index in [0.29, 0.717) is 33.8 Å². The van der Waals surface area contributed by atoms with Gasteiger partial charge in [0.1, 0.15) is 5.65 Å². The molecule has 3 rings (SSSR count). The van der Waals surface area contributed by atoms with Gasteiger partial charge in [-0.15, -0.1) is 0 Å². The summed E-state index contributed by atoms with van der Waals surface area (Å²) >= 11 is 0. The van der Waals surface area contributed by atoms with Crippen molar-refractivity contribution in [3.8, 4) is 16.9 Å². The molecule has 194 valence electrons. The van der Waals surface area contributed by atoms with Gasteiger partial charge in [0.25, 0.3) is 0 Å². The maximum absolute atomic E-state index is 14.9. The number of nitrogens with zero attached hydrogens (tertiary/aromatic N) is 3. The Hall–Kier alpha value is -3.34. The van der Waals surface area contributed by atoms with Gasteiger partial charge in [-0.05, 0) is 42.2 Å². The van der Waals surface area contributed by atoms with Crippen molar-refractivity contribution in [2.24, 2.45) is 16.1 Å². The molecule has 1 unspecified atom stereocenters. The van der Waals surface area contributed by atoms with Gasteiger partial charge in [0.2, 0.25) is 5.82 Å². The first-order valence-electron chi connectivity index (χ1n) is 11.5. The van der Waals surface area contributed by atoms with Gasteiger partial charge in [0, 0.05) is 42.2 Å². The van der Waals surface area contributed by atoms with E-state index in [4.69, 9.17) is 15.7 Å². The highest BCUT2D eigenvalue weighted by atomic mass is 19.2. The average Bonchev–Trinajstić information content (AvgIpc) is 3.24. The topological polar surface area (TPSA) is 117 Å². The molecule has 0 fully saturated rings. The van der Waals surface area contributed by atoms with E-state index in [1.54, 1.807) is 42.9 Å². The lowest BCUT2D eigenvalue weighted by Crippen LogP contribution is -2.34. The Bertz CT molecular complexity index is 1290. The first-order chi connectivity index (χ1) is 17.0. The number of rotatable bonds is 9. The number of nitrogens with one attached hydrogen (secondary N) is 1. The summed E-state index contributed by atoms with van der Waals surface area (Å²) in [7, 11) is 1.62. The third kappa shape index (κ3) is 5.72. The summed E-state index contributed by atoms with van der Waals surface area (Å²) in [5, 5.41) is 19.7. The lowest BCUT2D eigenvalue weighted by Gasteiger charge is -2.28. The number of imidazole rings is 1. The summed E-state index contributed by atoms with van der Waals surface area (Å²) in [6.07, 6.45) is 2.62. The smallest absolute Gasteiger partial charge is 0.201 e. The molecule has 0 spiro atoms. The zero-order valence-corrected chi connectivity index (χ0v) is 21.1. The van der Waals surface area contributed by atoms with Crippen molar-refractivity contribution in [2.75, 3.05) is 13.7 Å². The molecule has 0 aliphatic rings. The minimum Gasteiger partial charge on any atom is -0.489 e. The molecule has 0 aliphatic heterocycles. The Morgan fingerprint density at radius 1 is 1.25 bits per heavy atom. The summed E-state index contributed by atoms with van der Waals surface area (Å²) in [5.41, 5.74) is 11.6. The van der Waals surface area contributed by atoms with Crippen molar-refractivity contribution >= 4 is 11.4 Å². The quantitative estimate of drug-likeness (QED) is 0.257. The summed E-state index contributed by atoms with van der Waals surface area (Å²) in [6.45, 7) is 7.49. The van der Waals surface area contributed by atoms with E-state index in [2.05, 4.69) is 15.5 Å². The Morgan fingerprint density at radius 2 is 1.97 bits per heavy atom. The number of aromatic nitrogens is 2. The number of benzene rings is 1. The maximum Gasteiger partial charge on any atom is 0.201 e. The molecule has 2 aromatic heterocycles. The van der Waals surface area contributed by atoms with Gasteiger partial charge in [-0.1, -0.05) is 20.8 Å². The number of aliphatic imine (C=N–C) groups is 1. The predicted molar refractivity (Wildman–Crippen MR) is 135 cm³/mol. The standard InChI is InChI=1S/C26H33F2N5O3/c1-15(30-5)18(23(29)25(34)26(2,3)4)10-11-36-24-19(7-8-20(27)22(24)28)16-6-9-21-31-12-17(13-32-35)33(21)14-16/h6-9,12,14,25,32,34-35H,10-11,13,29H2,1-5H3/b23-18-,30-15?. The molecule has 1 atom stereocenters. The summed E-state index contributed by atoms with van der Waals surface area (Å²) in [4.78, 5) is 8.46. The normalized spacial score (nSPS) is 14.2.